The highest BCUT2D eigenvalue weighted by Crippen LogP contribution is 2.28. The summed E-state index contributed by atoms with van der Waals surface area (Å²) in [6.07, 6.45) is 0.150. The molecular formula is C29H35N5O6S. The maximum absolute atomic E-state index is 13.0. The molecule has 4 rings (SSSR count). The molecule has 12 heteroatoms. The SMILES string of the molecule is COCCN(CC(=O)Nc1nc(CC(=O)N2CCN(c3ccccc3OC)CC2)cs1)C(=O)c1ccc(OC)cc1. The van der Waals surface area contributed by atoms with Crippen molar-refractivity contribution in [2.45, 2.75) is 6.42 Å². The minimum Gasteiger partial charge on any atom is -0.497 e. The van der Waals surface area contributed by atoms with Crippen molar-refractivity contribution in [2.75, 3.05) is 77.4 Å². The number of nitrogens with one attached hydrogen (secondary N) is 1. The molecule has 0 aliphatic carbocycles. The fourth-order valence-corrected chi connectivity index (χ4v) is 5.23. The number of anilines is 2. The second kappa shape index (κ2) is 14.5. The van der Waals surface area contributed by atoms with E-state index in [2.05, 4.69) is 15.2 Å². The van der Waals surface area contributed by atoms with Crippen molar-refractivity contribution in [3.63, 3.8) is 0 Å². The molecule has 0 atom stereocenters. The summed E-state index contributed by atoms with van der Waals surface area (Å²) in [6, 6.07) is 14.6. The van der Waals surface area contributed by atoms with Crippen LogP contribution in [0, 0.1) is 0 Å². The minimum atomic E-state index is -0.386. The van der Waals surface area contributed by atoms with E-state index in [9.17, 15) is 14.4 Å². The van der Waals surface area contributed by atoms with E-state index < -0.39 is 0 Å². The Kier molecular flexibility index (Phi) is 10.5. The van der Waals surface area contributed by atoms with Gasteiger partial charge >= 0.3 is 0 Å². The fourth-order valence-electron chi connectivity index (χ4n) is 4.50. The Morgan fingerprint density at radius 1 is 0.976 bits per heavy atom. The lowest BCUT2D eigenvalue weighted by atomic mass is 10.2. The average Bonchev–Trinajstić information content (AvgIpc) is 3.45. The molecule has 11 nitrogen and oxygen atoms in total. The molecule has 1 N–H and O–H groups in total. The molecule has 2 aromatic carbocycles. The van der Waals surface area contributed by atoms with Crippen molar-refractivity contribution in [3.8, 4) is 11.5 Å². The number of aromatic nitrogens is 1. The molecule has 218 valence electrons. The number of methoxy groups -OCH3 is 3. The van der Waals surface area contributed by atoms with Crippen LogP contribution in [-0.2, 0) is 20.7 Å². The van der Waals surface area contributed by atoms with E-state index in [0.29, 0.717) is 48.3 Å². The van der Waals surface area contributed by atoms with Gasteiger partial charge in [-0.25, -0.2) is 4.98 Å². The van der Waals surface area contributed by atoms with Crippen molar-refractivity contribution >= 4 is 39.9 Å². The first-order valence-corrected chi connectivity index (χ1v) is 14.1. The number of para-hydroxylation sites is 2. The fraction of sp³-hybridized carbons (Fsp3) is 0.379. The van der Waals surface area contributed by atoms with Crippen molar-refractivity contribution in [1.82, 2.24) is 14.8 Å². The van der Waals surface area contributed by atoms with Gasteiger partial charge in [0.25, 0.3) is 5.91 Å². The lowest BCUT2D eigenvalue weighted by Crippen LogP contribution is -2.49. The van der Waals surface area contributed by atoms with Gasteiger partial charge in [0.05, 0.1) is 38.6 Å². The quantitative estimate of drug-likeness (QED) is 0.348. The topological polar surface area (TPSA) is 114 Å². The van der Waals surface area contributed by atoms with Crippen LogP contribution in [0.25, 0.3) is 0 Å². The number of thiazole rings is 1. The predicted molar refractivity (Wildman–Crippen MR) is 157 cm³/mol. The van der Waals surface area contributed by atoms with Crippen LogP contribution in [0.4, 0.5) is 10.8 Å². The van der Waals surface area contributed by atoms with E-state index in [4.69, 9.17) is 14.2 Å². The van der Waals surface area contributed by atoms with Gasteiger partial charge in [-0.05, 0) is 36.4 Å². The molecule has 1 fully saturated rings. The van der Waals surface area contributed by atoms with Crippen molar-refractivity contribution < 1.29 is 28.6 Å². The number of hydrogen-bond donors (Lipinski definition) is 1. The van der Waals surface area contributed by atoms with Crippen LogP contribution >= 0.6 is 11.3 Å². The Balaban J connectivity index is 1.28. The van der Waals surface area contributed by atoms with Gasteiger partial charge in [0.2, 0.25) is 11.8 Å². The van der Waals surface area contributed by atoms with E-state index in [1.54, 1.807) is 43.9 Å². The van der Waals surface area contributed by atoms with Gasteiger partial charge in [0.1, 0.15) is 18.0 Å². The van der Waals surface area contributed by atoms with Gasteiger partial charge in [0, 0.05) is 50.8 Å². The van der Waals surface area contributed by atoms with E-state index >= 15 is 0 Å². The Bertz CT molecular complexity index is 1320. The maximum atomic E-state index is 13.0. The molecule has 3 amide bonds. The zero-order valence-corrected chi connectivity index (χ0v) is 24.3. The summed E-state index contributed by atoms with van der Waals surface area (Å²) < 4.78 is 15.7. The molecule has 1 aliphatic heterocycles. The van der Waals surface area contributed by atoms with E-state index in [1.807, 2.05) is 29.2 Å². The normalized spacial score (nSPS) is 13.0. The molecule has 0 radical (unpaired) electrons. The molecule has 0 bridgehead atoms. The number of rotatable bonds is 12. The molecule has 1 aliphatic rings. The molecule has 2 heterocycles. The summed E-state index contributed by atoms with van der Waals surface area (Å²) in [7, 11) is 4.74. The van der Waals surface area contributed by atoms with Crippen molar-refractivity contribution in [1.29, 1.82) is 0 Å². The third-order valence-corrected chi connectivity index (χ3v) is 7.52. The van der Waals surface area contributed by atoms with Gasteiger partial charge in [-0.2, -0.15) is 0 Å². The second-order valence-corrected chi connectivity index (χ2v) is 10.2. The zero-order valence-electron chi connectivity index (χ0n) is 23.5. The highest BCUT2D eigenvalue weighted by Gasteiger charge is 2.24. The van der Waals surface area contributed by atoms with Crippen LogP contribution in [0.2, 0.25) is 0 Å². The highest BCUT2D eigenvalue weighted by molar-refractivity contribution is 7.13. The van der Waals surface area contributed by atoms with Gasteiger partial charge in [-0.15, -0.1) is 11.3 Å². The second-order valence-electron chi connectivity index (χ2n) is 9.36. The number of piperazine rings is 1. The van der Waals surface area contributed by atoms with Crippen LogP contribution in [-0.4, -0.2) is 99.7 Å². The largest absolute Gasteiger partial charge is 0.497 e. The number of carbonyl (C=O) groups excluding carboxylic acids is 3. The van der Waals surface area contributed by atoms with E-state index in [0.717, 1.165) is 11.4 Å². The van der Waals surface area contributed by atoms with Crippen LogP contribution in [0.3, 0.4) is 0 Å². The zero-order chi connectivity index (χ0) is 29.2. The molecule has 41 heavy (non-hydrogen) atoms. The van der Waals surface area contributed by atoms with Crippen LogP contribution in [0.5, 0.6) is 11.5 Å². The Morgan fingerprint density at radius 3 is 2.39 bits per heavy atom. The van der Waals surface area contributed by atoms with Crippen LogP contribution in [0.1, 0.15) is 16.1 Å². The highest BCUT2D eigenvalue weighted by atomic mass is 32.1. The Labute approximate surface area is 243 Å². The number of nitrogens with zero attached hydrogens (tertiary/aromatic N) is 4. The summed E-state index contributed by atoms with van der Waals surface area (Å²) >= 11 is 1.24. The first kappa shape index (κ1) is 29.8. The molecule has 1 saturated heterocycles. The molecule has 0 spiro atoms. The number of hydrogen-bond acceptors (Lipinski definition) is 9. The number of carbonyl (C=O) groups is 3. The molecule has 0 saturated carbocycles. The van der Waals surface area contributed by atoms with Gasteiger partial charge < -0.3 is 34.2 Å². The van der Waals surface area contributed by atoms with Crippen molar-refractivity contribution in [2.24, 2.45) is 0 Å². The third kappa shape index (κ3) is 7.95. The van der Waals surface area contributed by atoms with Crippen LogP contribution < -0.4 is 19.7 Å². The molecule has 0 unspecified atom stereocenters. The van der Waals surface area contributed by atoms with Gasteiger partial charge in [-0.1, -0.05) is 12.1 Å². The summed E-state index contributed by atoms with van der Waals surface area (Å²) in [6.45, 7) is 2.98. The van der Waals surface area contributed by atoms with Crippen LogP contribution in [0.15, 0.2) is 53.9 Å². The van der Waals surface area contributed by atoms with E-state index in [1.165, 1.54) is 23.3 Å². The summed E-state index contributed by atoms with van der Waals surface area (Å²) in [4.78, 5) is 48.7. The Morgan fingerprint density at radius 2 is 1.71 bits per heavy atom. The molecule has 3 aromatic rings. The minimum absolute atomic E-state index is 0.0105. The first-order valence-electron chi connectivity index (χ1n) is 13.2. The number of ether oxygens (including phenoxy) is 3. The maximum Gasteiger partial charge on any atom is 0.254 e. The number of amides is 3. The van der Waals surface area contributed by atoms with Crippen molar-refractivity contribution in [3.05, 3.63) is 65.2 Å². The first-order chi connectivity index (χ1) is 19.9. The van der Waals surface area contributed by atoms with Gasteiger partial charge in [-0.3, -0.25) is 14.4 Å². The van der Waals surface area contributed by atoms with Gasteiger partial charge in [0.15, 0.2) is 5.13 Å². The Hall–Kier alpha value is -4.16. The van der Waals surface area contributed by atoms with E-state index in [-0.39, 0.29) is 43.8 Å². The standard InChI is InChI=1S/C29H35N5O6S/c1-38-17-16-34(28(37)21-8-10-23(39-2)11-9-21)19-26(35)31-29-30-22(20-41-29)18-27(36)33-14-12-32(13-15-33)24-6-4-5-7-25(24)40-3/h4-11,20H,12-19H2,1-3H3,(H,30,31,35). The summed E-state index contributed by atoms with van der Waals surface area (Å²) in [5.41, 5.74) is 2.05. The predicted octanol–water partition coefficient (Wildman–Crippen LogP) is 2.78. The summed E-state index contributed by atoms with van der Waals surface area (Å²) in [5, 5.41) is 4.90. The smallest absolute Gasteiger partial charge is 0.254 e. The monoisotopic (exact) mass is 581 g/mol. The lowest BCUT2D eigenvalue weighted by molar-refractivity contribution is -0.130. The molecule has 1 aromatic heterocycles. The lowest BCUT2D eigenvalue weighted by Gasteiger charge is -2.36. The summed E-state index contributed by atoms with van der Waals surface area (Å²) in [5.74, 6) is 0.759. The average molecular weight is 582 g/mol. The third-order valence-electron chi connectivity index (χ3n) is 6.71. The molecular weight excluding hydrogens is 546 g/mol. The number of benzene rings is 2.